The summed E-state index contributed by atoms with van der Waals surface area (Å²) < 4.78 is 29.4. The van der Waals surface area contributed by atoms with E-state index in [4.69, 9.17) is 9.88 Å². The molecule has 0 unspecified atom stereocenters. The van der Waals surface area contributed by atoms with Crippen LogP contribution in [0.5, 0.6) is 0 Å². The number of carboxylic acid groups (broad SMARTS) is 1. The number of esters is 1. The molecule has 0 bridgehead atoms. The van der Waals surface area contributed by atoms with Crippen LogP contribution in [0.1, 0.15) is 65.4 Å². The molecule has 0 fully saturated rings. The quantitative estimate of drug-likeness (QED) is 0.385. The standard InChI is InChI=1S/C27H37NO6S/c1-5-6-9-22(26(31)34-27(2,3)4)18-21(25(29)30)17-14-19-12-15-20(16-13-19)23-10-7-8-11-24(23)35(28,32)33/h7-8,10-13,15-16,21-22H,5-6,9,14,17-18H2,1-4H3,(H,29,30)(H2,28,32,33)/t21-,22+/m1/s1. The van der Waals surface area contributed by atoms with Crippen molar-refractivity contribution in [3.05, 3.63) is 54.1 Å². The SMILES string of the molecule is CCCC[C@@H](C[C@@H](CCc1ccc(-c2ccccc2S(N)(=O)=O)cc1)C(=O)O)C(=O)OC(C)(C)C. The van der Waals surface area contributed by atoms with Gasteiger partial charge in [-0.05, 0) is 63.6 Å². The molecule has 0 saturated carbocycles. The van der Waals surface area contributed by atoms with Gasteiger partial charge in [0.15, 0.2) is 0 Å². The molecule has 0 aliphatic heterocycles. The van der Waals surface area contributed by atoms with E-state index in [1.54, 1.807) is 30.3 Å². The Balaban J connectivity index is 2.12. The Morgan fingerprint density at radius 2 is 1.63 bits per heavy atom. The second-order valence-corrected chi connectivity index (χ2v) is 11.5. The minimum atomic E-state index is -3.86. The van der Waals surface area contributed by atoms with Gasteiger partial charge in [-0.25, -0.2) is 13.6 Å². The van der Waals surface area contributed by atoms with Crippen LogP contribution in [0, 0.1) is 11.8 Å². The van der Waals surface area contributed by atoms with Gasteiger partial charge in [0.2, 0.25) is 10.0 Å². The number of carbonyl (C=O) groups excluding carboxylic acids is 1. The lowest BCUT2D eigenvalue weighted by Gasteiger charge is -2.25. The van der Waals surface area contributed by atoms with Crippen molar-refractivity contribution in [1.82, 2.24) is 0 Å². The number of hydrogen-bond donors (Lipinski definition) is 2. The predicted octanol–water partition coefficient (Wildman–Crippen LogP) is 5.17. The Hall–Kier alpha value is -2.71. The molecule has 0 radical (unpaired) electrons. The van der Waals surface area contributed by atoms with Crippen LogP contribution in [0.25, 0.3) is 11.1 Å². The third-order valence-corrected chi connectivity index (χ3v) is 6.77. The summed E-state index contributed by atoms with van der Waals surface area (Å²) in [5.41, 5.74) is 1.53. The van der Waals surface area contributed by atoms with E-state index in [1.165, 1.54) is 6.07 Å². The normalized spacial score (nSPS) is 13.7. The van der Waals surface area contributed by atoms with Crippen LogP contribution in [0.15, 0.2) is 53.4 Å². The van der Waals surface area contributed by atoms with Crippen molar-refractivity contribution in [2.45, 2.75) is 76.7 Å². The van der Waals surface area contributed by atoms with E-state index in [2.05, 4.69) is 0 Å². The zero-order chi connectivity index (χ0) is 26.2. The number of aryl methyl sites for hydroxylation is 1. The summed E-state index contributed by atoms with van der Waals surface area (Å²) >= 11 is 0. The number of rotatable bonds is 12. The first-order valence-electron chi connectivity index (χ1n) is 12.0. The van der Waals surface area contributed by atoms with E-state index in [0.29, 0.717) is 30.4 Å². The number of primary sulfonamides is 1. The van der Waals surface area contributed by atoms with Crippen LogP contribution in [0.2, 0.25) is 0 Å². The van der Waals surface area contributed by atoms with E-state index < -0.39 is 33.4 Å². The number of aliphatic carboxylic acids is 1. The number of benzene rings is 2. The summed E-state index contributed by atoms with van der Waals surface area (Å²) in [6, 6.07) is 13.9. The van der Waals surface area contributed by atoms with Gasteiger partial charge >= 0.3 is 11.9 Å². The van der Waals surface area contributed by atoms with Crippen molar-refractivity contribution >= 4 is 22.0 Å². The van der Waals surface area contributed by atoms with E-state index in [-0.39, 0.29) is 17.3 Å². The van der Waals surface area contributed by atoms with Crippen molar-refractivity contribution in [3.8, 4) is 11.1 Å². The summed E-state index contributed by atoms with van der Waals surface area (Å²) in [6.07, 6.45) is 3.49. The molecule has 2 rings (SSSR count). The van der Waals surface area contributed by atoms with Gasteiger partial charge in [0.05, 0.1) is 16.7 Å². The molecule has 0 heterocycles. The van der Waals surface area contributed by atoms with Crippen LogP contribution in [0.3, 0.4) is 0 Å². The molecule has 35 heavy (non-hydrogen) atoms. The highest BCUT2D eigenvalue weighted by atomic mass is 32.2. The zero-order valence-corrected chi connectivity index (χ0v) is 21.8. The maximum absolute atomic E-state index is 12.7. The minimum absolute atomic E-state index is 0.0546. The summed E-state index contributed by atoms with van der Waals surface area (Å²) in [5, 5.41) is 15.2. The van der Waals surface area contributed by atoms with Crippen LogP contribution in [0.4, 0.5) is 0 Å². The maximum Gasteiger partial charge on any atom is 0.309 e. The smallest absolute Gasteiger partial charge is 0.309 e. The molecular weight excluding hydrogens is 466 g/mol. The Bertz CT molecular complexity index is 1100. The van der Waals surface area contributed by atoms with E-state index in [9.17, 15) is 23.1 Å². The first-order chi connectivity index (χ1) is 16.3. The largest absolute Gasteiger partial charge is 0.481 e. The van der Waals surface area contributed by atoms with Crippen molar-refractivity contribution in [1.29, 1.82) is 0 Å². The van der Waals surface area contributed by atoms with E-state index in [1.807, 2.05) is 39.8 Å². The molecule has 0 aromatic heterocycles. The summed E-state index contributed by atoms with van der Waals surface area (Å²) in [5.74, 6) is -2.39. The average molecular weight is 504 g/mol. The molecule has 0 amide bonds. The van der Waals surface area contributed by atoms with E-state index in [0.717, 1.165) is 18.4 Å². The van der Waals surface area contributed by atoms with Gasteiger partial charge in [-0.2, -0.15) is 0 Å². The Kier molecular flexibility index (Phi) is 10.0. The fourth-order valence-corrected chi connectivity index (χ4v) is 4.76. The van der Waals surface area contributed by atoms with Gasteiger partial charge in [-0.1, -0.05) is 62.2 Å². The van der Waals surface area contributed by atoms with Gasteiger partial charge < -0.3 is 9.84 Å². The molecule has 192 valence electrons. The summed E-state index contributed by atoms with van der Waals surface area (Å²) in [4.78, 5) is 24.7. The molecule has 3 N–H and O–H groups in total. The van der Waals surface area contributed by atoms with Crippen molar-refractivity contribution in [2.75, 3.05) is 0 Å². The topological polar surface area (TPSA) is 124 Å². The Morgan fingerprint density at radius 1 is 1.00 bits per heavy atom. The first kappa shape index (κ1) is 28.5. The molecule has 7 nitrogen and oxygen atoms in total. The average Bonchev–Trinajstić information content (AvgIpc) is 2.77. The van der Waals surface area contributed by atoms with Gasteiger partial charge in [-0.15, -0.1) is 0 Å². The van der Waals surface area contributed by atoms with Crippen LogP contribution < -0.4 is 5.14 Å². The highest BCUT2D eigenvalue weighted by molar-refractivity contribution is 7.89. The Morgan fingerprint density at radius 3 is 2.17 bits per heavy atom. The van der Waals surface area contributed by atoms with Crippen molar-refractivity contribution in [3.63, 3.8) is 0 Å². The summed E-state index contributed by atoms with van der Waals surface area (Å²) in [6.45, 7) is 7.45. The number of hydrogen-bond acceptors (Lipinski definition) is 5. The molecule has 0 saturated heterocycles. The first-order valence-corrected chi connectivity index (χ1v) is 13.5. The molecule has 0 aliphatic rings. The zero-order valence-electron chi connectivity index (χ0n) is 21.0. The molecule has 0 spiro atoms. The lowest BCUT2D eigenvalue weighted by molar-refractivity contribution is -0.161. The second-order valence-electron chi connectivity index (χ2n) is 9.92. The number of ether oxygens (including phenoxy) is 1. The fraction of sp³-hybridized carbons (Fsp3) is 0.481. The molecule has 8 heteroatoms. The lowest BCUT2D eigenvalue weighted by atomic mass is 9.87. The maximum atomic E-state index is 12.7. The van der Waals surface area contributed by atoms with Crippen LogP contribution >= 0.6 is 0 Å². The molecule has 2 atom stereocenters. The Labute approximate surface area is 208 Å². The lowest BCUT2D eigenvalue weighted by Crippen LogP contribution is -2.31. The van der Waals surface area contributed by atoms with E-state index >= 15 is 0 Å². The number of carbonyl (C=O) groups is 2. The molecule has 2 aromatic rings. The molecule has 0 aliphatic carbocycles. The third kappa shape index (κ3) is 9.11. The van der Waals surface area contributed by atoms with Crippen molar-refractivity contribution in [2.24, 2.45) is 17.0 Å². The van der Waals surface area contributed by atoms with Gasteiger partial charge in [0.25, 0.3) is 0 Å². The van der Waals surface area contributed by atoms with Gasteiger partial charge in [0, 0.05) is 5.56 Å². The number of nitrogens with two attached hydrogens (primary N) is 1. The second kappa shape index (κ2) is 12.3. The highest BCUT2D eigenvalue weighted by Crippen LogP contribution is 2.29. The monoisotopic (exact) mass is 503 g/mol. The van der Waals surface area contributed by atoms with Crippen LogP contribution in [-0.2, 0) is 30.8 Å². The minimum Gasteiger partial charge on any atom is -0.481 e. The predicted molar refractivity (Wildman–Crippen MR) is 136 cm³/mol. The highest BCUT2D eigenvalue weighted by Gasteiger charge is 2.30. The van der Waals surface area contributed by atoms with Crippen LogP contribution in [-0.4, -0.2) is 31.1 Å². The number of unbranched alkanes of at least 4 members (excludes halogenated alkanes) is 1. The van der Waals surface area contributed by atoms with Crippen molar-refractivity contribution < 1.29 is 27.9 Å². The molecular formula is C27H37NO6S. The number of carboxylic acids is 1. The summed E-state index contributed by atoms with van der Waals surface area (Å²) in [7, 11) is -3.86. The van der Waals surface area contributed by atoms with Gasteiger partial charge in [-0.3, -0.25) is 9.59 Å². The fourth-order valence-electron chi connectivity index (χ4n) is 4.00. The number of sulfonamides is 1. The third-order valence-electron chi connectivity index (χ3n) is 5.80. The molecule has 2 aromatic carbocycles. The van der Waals surface area contributed by atoms with Gasteiger partial charge in [0.1, 0.15) is 5.60 Å².